The molecule has 1 amide bonds. The standard InChI is InChI=1S/C20H18FN3O/c1-13-4-3-5-18(14(13)2)24-20(25)19-12-17(10-11-22-19)23-16-8-6-15(21)7-9-16/h3-12H,1-2H3,(H,22,23)(H,24,25). The summed E-state index contributed by atoms with van der Waals surface area (Å²) in [4.78, 5) is 16.6. The minimum absolute atomic E-state index is 0.281. The molecule has 2 aromatic carbocycles. The summed E-state index contributed by atoms with van der Waals surface area (Å²) in [6.07, 6.45) is 1.56. The average Bonchev–Trinajstić information content (AvgIpc) is 2.61. The predicted molar refractivity (Wildman–Crippen MR) is 97.8 cm³/mol. The van der Waals surface area contributed by atoms with Crippen LogP contribution in [0.1, 0.15) is 21.6 Å². The van der Waals surface area contributed by atoms with Crippen LogP contribution in [0.25, 0.3) is 0 Å². The van der Waals surface area contributed by atoms with Gasteiger partial charge in [-0.1, -0.05) is 12.1 Å². The molecule has 2 N–H and O–H groups in total. The lowest BCUT2D eigenvalue weighted by Crippen LogP contribution is -2.14. The molecule has 0 saturated heterocycles. The van der Waals surface area contributed by atoms with Crippen molar-refractivity contribution in [1.29, 1.82) is 0 Å². The Hall–Kier alpha value is -3.21. The molecule has 126 valence electrons. The summed E-state index contributed by atoms with van der Waals surface area (Å²) >= 11 is 0. The monoisotopic (exact) mass is 335 g/mol. The number of carbonyl (C=O) groups excluding carboxylic acids is 1. The van der Waals surface area contributed by atoms with Gasteiger partial charge < -0.3 is 10.6 Å². The van der Waals surface area contributed by atoms with E-state index >= 15 is 0 Å². The maximum atomic E-state index is 13.0. The van der Waals surface area contributed by atoms with Crippen molar-refractivity contribution in [3.63, 3.8) is 0 Å². The maximum Gasteiger partial charge on any atom is 0.274 e. The summed E-state index contributed by atoms with van der Waals surface area (Å²) < 4.78 is 13.0. The molecule has 25 heavy (non-hydrogen) atoms. The van der Waals surface area contributed by atoms with Crippen LogP contribution < -0.4 is 10.6 Å². The lowest BCUT2D eigenvalue weighted by Gasteiger charge is -2.11. The van der Waals surface area contributed by atoms with Crippen LogP contribution in [-0.4, -0.2) is 10.9 Å². The molecule has 0 radical (unpaired) electrons. The molecule has 3 aromatic rings. The van der Waals surface area contributed by atoms with Gasteiger partial charge in [0.2, 0.25) is 0 Å². The van der Waals surface area contributed by atoms with Gasteiger partial charge in [0.15, 0.2) is 0 Å². The number of nitrogens with one attached hydrogen (secondary N) is 2. The molecule has 0 unspecified atom stereocenters. The first-order chi connectivity index (χ1) is 12.0. The predicted octanol–water partition coefficient (Wildman–Crippen LogP) is 4.83. The number of anilines is 3. The molecule has 0 fully saturated rings. The molecule has 0 bridgehead atoms. The molecule has 0 atom stereocenters. The van der Waals surface area contributed by atoms with Crippen molar-refractivity contribution in [3.05, 3.63) is 83.4 Å². The molecule has 4 nitrogen and oxygen atoms in total. The zero-order valence-corrected chi connectivity index (χ0v) is 14.0. The second kappa shape index (κ2) is 7.13. The lowest BCUT2D eigenvalue weighted by atomic mass is 10.1. The topological polar surface area (TPSA) is 54.0 Å². The van der Waals surface area contributed by atoms with E-state index in [0.717, 1.165) is 22.5 Å². The number of rotatable bonds is 4. The second-order valence-electron chi connectivity index (χ2n) is 5.76. The number of hydrogen-bond acceptors (Lipinski definition) is 3. The summed E-state index contributed by atoms with van der Waals surface area (Å²) in [7, 11) is 0. The van der Waals surface area contributed by atoms with Crippen molar-refractivity contribution < 1.29 is 9.18 Å². The van der Waals surface area contributed by atoms with E-state index in [-0.39, 0.29) is 11.7 Å². The number of benzene rings is 2. The quantitative estimate of drug-likeness (QED) is 0.718. The van der Waals surface area contributed by atoms with Crippen LogP contribution in [0.4, 0.5) is 21.5 Å². The minimum Gasteiger partial charge on any atom is -0.355 e. The first-order valence-corrected chi connectivity index (χ1v) is 7.89. The highest BCUT2D eigenvalue weighted by atomic mass is 19.1. The molecule has 0 saturated carbocycles. The smallest absolute Gasteiger partial charge is 0.274 e. The van der Waals surface area contributed by atoms with E-state index in [1.807, 2.05) is 32.0 Å². The largest absolute Gasteiger partial charge is 0.355 e. The van der Waals surface area contributed by atoms with Crippen LogP contribution in [0.2, 0.25) is 0 Å². The van der Waals surface area contributed by atoms with Gasteiger partial charge >= 0.3 is 0 Å². The van der Waals surface area contributed by atoms with Crippen molar-refractivity contribution in [2.75, 3.05) is 10.6 Å². The van der Waals surface area contributed by atoms with Crippen LogP contribution in [0.5, 0.6) is 0 Å². The van der Waals surface area contributed by atoms with Gasteiger partial charge in [0.1, 0.15) is 11.5 Å². The molecule has 5 heteroatoms. The summed E-state index contributed by atoms with van der Waals surface area (Å²) in [6, 6.07) is 15.2. The van der Waals surface area contributed by atoms with E-state index in [1.165, 1.54) is 12.1 Å². The normalized spacial score (nSPS) is 10.4. The molecule has 1 heterocycles. The third kappa shape index (κ3) is 4.01. The number of aryl methyl sites for hydroxylation is 1. The Labute approximate surface area is 145 Å². The highest BCUT2D eigenvalue weighted by molar-refractivity contribution is 6.03. The summed E-state index contributed by atoms with van der Waals surface area (Å²) in [5.74, 6) is -0.578. The molecular weight excluding hydrogens is 317 g/mol. The average molecular weight is 335 g/mol. The van der Waals surface area contributed by atoms with Crippen LogP contribution in [-0.2, 0) is 0 Å². The van der Waals surface area contributed by atoms with Gasteiger partial charge in [-0.3, -0.25) is 9.78 Å². The number of carbonyl (C=O) groups is 1. The Balaban J connectivity index is 1.77. The molecular formula is C20H18FN3O. The third-order valence-electron chi connectivity index (χ3n) is 3.98. The summed E-state index contributed by atoms with van der Waals surface area (Å²) in [6.45, 7) is 3.96. The van der Waals surface area contributed by atoms with Crippen molar-refractivity contribution >= 4 is 23.0 Å². The molecule has 1 aromatic heterocycles. The maximum absolute atomic E-state index is 13.0. The van der Waals surface area contributed by atoms with Gasteiger partial charge in [0.05, 0.1) is 0 Å². The van der Waals surface area contributed by atoms with Crippen LogP contribution >= 0.6 is 0 Å². The van der Waals surface area contributed by atoms with Crippen molar-refractivity contribution in [2.45, 2.75) is 13.8 Å². The fourth-order valence-electron chi connectivity index (χ4n) is 2.41. The van der Waals surface area contributed by atoms with E-state index < -0.39 is 0 Å². The van der Waals surface area contributed by atoms with Crippen molar-refractivity contribution in [1.82, 2.24) is 4.98 Å². The second-order valence-corrected chi connectivity index (χ2v) is 5.76. The Bertz CT molecular complexity index is 907. The van der Waals surface area contributed by atoms with Gasteiger partial charge in [-0.15, -0.1) is 0 Å². The van der Waals surface area contributed by atoms with E-state index in [4.69, 9.17) is 0 Å². The number of pyridine rings is 1. The van der Waals surface area contributed by atoms with Gasteiger partial charge in [0.25, 0.3) is 5.91 Å². The Morgan fingerprint density at radius 2 is 1.76 bits per heavy atom. The van der Waals surface area contributed by atoms with E-state index in [9.17, 15) is 9.18 Å². The van der Waals surface area contributed by atoms with E-state index in [2.05, 4.69) is 15.6 Å². The van der Waals surface area contributed by atoms with Crippen LogP contribution in [0, 0.1) is 19.7 Å². The number of amides is 1. The van der Waals surface area contributed by atoms with Crippen LogP contribution in [0.3, 0.4) is 0 Å². The summed E-state index contributed by atoms with van der Waals surface area (Å²) in [5.41, 5.74) is 4.63. The van der Waals surface area contributed by atoms with Gasteiger partial charge in [-0.05, 0) is 67.4 Å². The third-order valence-corrected chi connectivity index (χ3v) is 3.98. The van der Waals surface area contributed by atoms with E-state index in [1.54, 1.807) is 30.5 Å². The molecule has 0 spiro atoms. The Morgan fingerprint density at radius 1 is 1.00 bits per heavy atom. The molecule has 0 aliphatic rings. The van der Waals surface area contributed by atoms with Crippen molar-refractivity contribution in [3.8, 4) is 0 Å². The number of nitrogens with zero attached hydrogens (tertiary/aromatic N) is 1. The first kappa shape index (κ1) is 16.6. The van der Waals surface area contributed by atoms with Gasteiger partial charge in [0, 0.05) is 23.3 Å². The lowest BCUT2D eigenvalue weighted by molar-refractivity contribution is 0.102. The zero-order valence-electron chi connectivity index (χ0n) is 14.0. The number of halogens is 1. The van der Waals surface area contributed by atoms with Gasteiger partial charge in [-0.2, -0.15) is 0 Å². The fourth-order valence-corrected chi connectivity index (χ4v) is 2.41. The number of hydrogen-bond donors (Lipinski definition) is 2. The first-order valence-electron chi connectivity index (χ1n) is 7.89. The fraction of sp³-hybridized carbons (Fsp3) is 0.100. The minimum atomic E-state index is -0.297. The van der Waals surface area contributed by atoms with Crippen molar-refractivity contribution in [2.24, 2.45) is 0 Å². The SMILES string of the molecule is Cc1cccc(NC(=O)c2cc(Nc3ccc(F)cc3)ccn2)c1C. The highest BCUT2D eigenvalue weighted by Crippen LogP contribution is 2.20. The van der Waals surface area contributed by atoms with E-state index in [0.29, 0.717) is 11.4 Å². The summed E-state index contributed by atoms with van der Waals surface area (Å²) in [5, 5.41) is 6.01. The number of aromatic nitrogens is 1. The zero-order chi connectivity index (χ0) is 17.8. The van der Waals surface area contributed by atoms with Gasteiger partial charge in [-0.25, -0.2) is 4.39 Å². The Morgan fingerprint density at radius 3 is 2.52 bits per heavy atom. The highest BCUT2D eigenvalue weighted by Gasteiger charge is 2.10. The molecule has 0 aliphatic carbocycles. The molecule has 3 rings (SSSR count). The van der Waals surface area contributed by atoms with Crippen LogP contribution in [0.15, 0.2) is 60.8 Å². The molecule has 0 aliphatic heterocycles. The Kier molecular flexibility index (Phi) is 4.75.